The van der Waals surface area contributed by atoms with E-state index in [0.717, 1.165) is 18.5 Å². The summed E-state index contributed by atoms with van der Waals surface area (Å²) >= 11 is 0. The van der Waals surface area contributed by atoms with Crippen LogP contribution < -0.4 is 0 Å². The molecule has 0 fully saturated rings. The van der Waals surface area contributed by atoms with Gasteiger partial charge in [-0.25, -0.2) is 4.68 Å². The average molecular weight is 377 g/mol. The molecule has 0 radical (unpaired) electrons. The SMILES string of the molecule is CC1(C)c2cccc3c2C(CCc2cnn(-c4ccccc4)c21)c1ccccc1-3. The summed E-state index contributed by atoms with van der Waals surface area (Å²) in [5.41, 5.74) is 11.0. The third-order valence-electron chi connectivity index (χ3n) is 6.89. The average Bonchev–Trinajstić information content (AvgIpc) is 3.32. The molecular formula is C27H24N2. The van der Waals surface area contributed by atoms with E-state index in [9.17, 15) is 0 Å². The fourth-order valence-corrected chi connectivity index (χ4v) is 5.65. The van der Waals surface area contributed by atoms with E-state index in [2.05, 4.69) is 97.5 Å². The predicted octanol–water partition coefficient (Wildman–Crippen LogP) is 6.26. The van der Waals surface area contributed by atoms with Crippen LogP contribution in [0.4, 0.5) is 0 Å². The van der Waals surface area contributed by atoms with E-state index in [0.29, 0.717) is 5.92 Å². The highest BCUT2D eigenvalue weighted by atomic mass is 15.3. The molecule has 0 bridgehead atoms. The topological polar surface area (TPSA) is 17.8 Å². The smallest absolute Gasteiger partial charge is 0.0649 e. The molecule has 0 amide bonds. The second-order valence-electron chi connectivity index (χ2n) is 8.84. The second-order valence-corrected chi connectivity index (χ2v) is 8.84. The van der Waals surface area contributed by atoms with Gasteiger partial charge in [-0.1, -0.05) is 74.5 Å². The monoisotopic (exact) mass is 376 g/mol. The standard InChI is InChI=1S/C27H24N2/c1-27(2)24-14-8-13-22-20-11-6-7-12-21(20)23(25(22)24)16-15-18-17-28-29(26(18)27)19-9-4-3-5-10-19/h3-14,17,23H,15-16H2,1-2H3. The molecule has 1 heterocycles. The van der Waals surface area contributed by atoms with E-state index in [1.54, 1.807) is 0 Å². The van der Waals surface area contributed by atoms with Crippen LogP contribution in [0.25, 0.3) is 16.8 Å². The molecule has 0 N–H and O–H groups in total. The normalized spacial score (nSPS) is 18.3. The summed E-state index contributed by atoms with van der Waals surface area (Å²) in [5, 5.41) is 4.85. The van der Waals surface area contributed by atoms with Gasteiger partial charge in [0.05, 0.1) is 17.6 Å². The predicted molar refractivity (Wildman–Crippen MR) is 118 cm³/mol. The van der Waals surface area contributed by atoms with Crippen LogP contribution in [0.2, 0.25) is 0 Å². The minimum atomic E-state index is -0.131. The van der Waals surface area contributed by atoms with Crippen LogP contribution in [-0.4, -0.2) is 9.78 Å². The molecule has 0 saturated carbocycles. The molecule has 29 heavy (non-hydrogen) atoms. The molecule has 2 heteroatoms. The number of nitrogens with zero attached hydrogens (tertiary/aromatic N) is 2. The molecule has 0 saturated heterocycles. The third-order valence-corrected chi connectivity index (χ3v) is 6.89. The van der Waals surface area contributed by atoms with Crippen LogP contribution in [0, 0.1) is 0 Å². The molecule has 2 aliphatic carbocycles. The number of aryl methyl sites for hydroxylation is 1. The van der Waals surface area contributed by atoms with Gasteiger partial charge in [0.15, 0.2) is 0 Å². The quantitative estimate of drug-likeness (QED) is 0.383. The summed E-state index contributed by atoms with van der Waals surface area (Å²) in [6, 6.07) is 26.4. The zero-order valence-electron chi connectivity index (χ0n) is 16.9. The van der Waals surface area contributed by atoms with Crippen LogP contribution in [0.5, 0.6) is 0 Å². The molecule has 2 nitrogen and oxygen atoms in total. The van der Waals surface area contributed by atoms with Gasteiger partial charge >= 0.3 is 0 Å². The summed E-state index contributed by atoms with van der Waals surface area (Å²) in [4.78, 5) is 0. The molecule has 3 aromatic carbocycles. The molecule has 1 unspecified atom stereocenters. The van der Waals surface area contributed by atoms with Gasteiger partial charge in [0, 0.05) is 11.3 Å². The molecule has 0 aliphatic heterocycles. The van der Waals surface area contributed by atoms with Crippen LogP contribution in [0.3, 0.4) is 0 Å². The fraction of sp³-hybridized carbons (Fsp3) is 0.222. The zero-order chi connectivity index (χ0) is 19.6. The van der Waals surface area contributed by atoms with Crippen molar-refractivity contribution < 1.29 is 0 Å². The van der Waals surface area contributed by atoms with Crippen molar-refractivity contribution in [3.8, 4) is 16.8 Å². The molecule has 2 aliphatic rings. The summed E-state index contributed by atoms with van der Waals surface area (Å²) < 4.78 is 2.16. The summed E-state index contributed by atoms with van der Waals surface area (Å²) in [5.74, 6) is 0.477. The Bertz CT molecular complexity index is 1230. The van der Waals surface area contributed by atoms with Crippen molar-refractivity contribution >= 4 is 0 Å². The number of aromatic nitrogens is 2. The maximum absolute atomic E-state index is 4.85. The maximum atomic E-state index is 4.85. The lowest BCUT2D eigenvalue weighted by atomic mass is 9.71. The largest absolute Gasteiger partial charge is 0.237 e. The molecule has 4 aromatic rings. The Hall–Kier alpha value is -3.13. The second kappa shape index (κ2) is 5.93. The van der Waals surface area contributed by atoms with Crippen molar-refractivity contribution in [3.05, 3.63) is 107 Å². The van der Waals surface area contributed by atoms with Crippen LogP contribution >= 0.6 is 0 Å². The van der Waals surface area contributed by atoms with Crippen molar-refractivity contribution in [2.75, 3.05) is 0 Å². The minimum absolute atomic E-state index is 0.131. The summed E-state index contributed by atoms with van der Waals surface area (Å²) in [7, 11) is 0. The van der Waals surface area contributed by atoms with Crippen LogP contribution in [0.15, 0.2) is 79.0 Å². The zero-order valence-corrected chi connectivity index (χ0v) is 16.9. The van der Waals surface area contributed by atoms with Gasteiger partial charge in [-0.3, -0.25) is 0 Å². The molecule has 1 aromatic heterocycles. The molecule has 6 rings (SSSR count). The van der Waals surface area contributed by atoms with Crippen molar-refractivity contribution in [2.45, 2.75) is 38.0 Å². The van der Waals surface area contributed by atoms with Gasteiger partial charge in [-0.15, -0.1) is 0 Å². The fourth-order valence-electron chi connectivity index (χ4n) is 5.65. The van der Waals surface area contributed by atoms with Gasteiger partial charge in [-0.2, -0.15) is 5.10 Å². The first kappa shape index (κ1) is 16.8. The van der Waals surface area contributed by atoms with Crippen LogP contribution in [0.1, 0.15) is 54.1 Å². The Morgan fingerprint density at radius 1 is 0.862 bits per heavy atom. The highest BCUT2D eigenvalue weighted by Gasteiger charge is 2.40. The van der Waals surface area contributed by atoms with E-state index in [1.807, 2.05) is 0 Å². The lowest BCUT2D eigenvalue weighted by Crippen LogP contribution is -2.28. The van der Waals surface area contributed by atoms with Gasteiger partial charge in [-0.05, 0) is 58.4 Å². The van der Waals surface area contributed by atoms with E-state index in [4.69, 9.17) is 5.10 Å². The molecule has 0 spiro atoms. The van der Waals surface area contributed by atoms with E-state index in [1.165, 1.54) is 39.1 Å². The number of hydrogen-bond donors (Lipinski definition) is 0. The Kier molecular flexibility index (Phi) is 3.44. The number of rotatable bonds is 1. The van der Waals surface area contributed by atoms with Crippen molar-refractivity contribution in [1.29, 1.82) is 0 Å². The lowest BCUT2D eigenvalue weighted by Gasteiger charge is -2.34. The lowest BCUT2D eigenvalue weighted by molar-refractivity contribution is 0.551. The summed E-state index contributed by atoms with van der Waals surface area (Å²) in [6.07, 6.45) is 4.28. The first-order valence-corrected chi connectivity index (χ1v) is 10.5. The Labute approximate surface area is 171 Å². The van der Waals surface area contributed by atoms with Crippen molar-refractivity contribution in [3.63, 3.8) is 0 Å². The van der Waals surface area contributed by atoms with Gasteiger partial charge in [0.25, 0.3) is 0 Å². The number of para-hydroxylation sites is 1. The van der Waals surface area contributed by atoms with E-state index >= 15 is 0 Å². The highest BCUT2D eigenvalue weighted by molar-refractivity contribution is 5.81. The van der Waals surface area contributed by atoms with Gasteiger partial charge in [0.1, 0.15) is 0 Å². The highest BCUT2D eigenvalue weighted by Crippen LogP contribution is 2.53. The Morgan fingerprint density at radius 2 is 1.62 bits per heavy atom. The van der Waals surface area contributed by atoms with Gasteiger partial charge in [0.2, 0.25) is 0 Å². The maximum Gasteiger partial charge on any atom is 0.0649 e. The molecular weight excluding hydrogens is 352 g/mol. The number of hydrogen-bond acceptors (Lipinski definition) is 1. The summed E-state index contributed by atoms with van der Waals surface area (Å²) in [6.45, 7) is 4.74. The van der Waals surface area contributed by atoms with Crippen molar-refractivity contribution in [2.24, 2.45) is 0 Å². The third kappa shape index (κ3) is 2.26. The first-order valence-electron chi connectivity index (χ1n) is 10.5. The molecule has 1 atom stereocenters. The van der Waals surface area contributed by atoms with Crippen LogP contribution in [-0.2, 0) is 11.8 Å². The van der Waals surface area contributed by atoms with E-state index in [-0.39, 0.29) is 5.41 Å². The van der Waals surface area contributed by atoms with E-state index < -0.39 is 0 Å². The van der Waals surface area contributed by atoms with Gasteiger partial charge < -0.3 is 0 Å². The Morgan fingerprint density at radius 3 is 2.48 bits per heavy atom. The molecule has 142 valence electrons. The number of fused-ring (bicyclic) bond motifs is 4. The minimum Gasteiger partial charge on any atom is -0.237 e. The Balaban J connectivity index is 1.63. The first-order chi connectivity index (χ1) is 14.2. The number of benzene rings is 3. The van der Waals surface area contributed by atoms with Crippen molar-refractivity contribution in [1.82, 2.24) is 9.78 Å².